The van der Waals surface area contributed by atoms with Gasteiger partial charge in [0.1, 0.15) is 0 Å². The highest BCUT2D eigenvalue weighted by atomic mass is 16.4. The molecule has 19 heavy (non-hydrogen) atoms. The fourth-order valence-electron chi connectivity index (χ4n) is 2.46. The molecule has 0 bridgehead atoms. The SMILES string of the molecule is CCN(C)C(=O)CNC(=O)[C@H]1CC(C)C[C@H]1C(=O)O. The van der Waals surface area contributed by atoms with E-state index in [1.54, 1.807) is 7.05 Å². The molecule has 0 radical (unpaired) electrons. The maximum atomic E-state index is 12.0. The minimum atomic E-state index is -0.929. The number of carbonyl (C=O) groups excluding carboxylic acids is 2. The minimum absolute atomic E-state index is 0.0691. The van der Waals surface area contributed by atoms with Crippen molar-refractivity contribution in [2.75, 3.05) is 20.1 Å². The number of amides is 2. The van der Waals surface area contributed by atoms with E-state index in [1.165, 1.54) is 4.90 Å². The second kappa shape index (κ2) is 6.54. The first-order valence-corrected chi connectivity index (χ1v) is 6.61. The van der Waals surface area contributed by atoms with E-state index >= 15 is 0 Å². The van der Waals surface area contributed by atoms with E-state index in [1.807, 2.05) is 13.8 Å². The quantitative estimate of drug-likeness (QED) is 0.753. The molecule has 6 nitrogen and oxygen atoms in total. The molecule has 0 aromatic carbocycles. The van der Waals surface area contributed by atoms with E-state index in [4.69, 9.17) is 5.11 Å². The van der Waals surface area contributed by atoms with E-state index in [9.17, 15) is 14.4 Å². The average Bonchev–Trinajstić information content (AvgIpc) is 2.76. The minimum Gasteiger partial charge on any atom is -0.481 e. The Morgan fingerprint density at radius 3 is 2.37 bits per heavy atom. The molecule has 108 valence electrons. The van der Waals surface area contributed by atoms with Crippen LogP contribution in [0.3, 0.4) is 0 Å². The molecule has 0 saturated heterocycles. The number of nitrogens with one attached hydrogen (secondary N) is 1. The number of carboxylic acid groups (broad SMARTS) is 1. The lowest BCUT2D eigenvalue weighted by Crippen LogP contribution is -2.42. The summed E-state index contributed by atoms with van der Waals surface area (Å²) < 4.78 is 0. The third kappa shape index (κ3) is 3.94. The zero-order valence-corrected chi connectivity index (χ0v) is 11.7. The van der Waals surface area contributed by atoms with Crippen LogP contribution in [0.1, 0.15) is 26.7 Å². The number of rotatable bonds is 5. The Labute approximate surface area is 113 Å². The van der Waals surface area contributed by atoms with Crippen molar-refractivity contribution in [3.63, 3.8) is 0 Å². The van der Waals surface area contributed by atoms with Crippen LogP contribution in [0.25, 0.3) is 0 Å². The van der Waals surface area contributed by atoms with Gasteiger partial charge in [0, 0.05) is 13.6 Å². The van der Waals surface area contributed by atoms with Crippen molar-refractivity contribution in [2.24, 2.45) is 17.8 Å². The van der Waals surface area contributed by atoms with Crippen LogP contribution in [0.15, 0.2) is 0 Å². The van der Waals surface area contributed by atoms with Crippen molar-refractivity contribution in [2.45, 2.75) is 26.7 Å². The molecule has 1 rings (SSSR count). The molecule has 6 heteroatoms. The van der Waals surface area contributed by atoms with Gasteiger partial charge in [0.05, 0.1) is 18.4 Å². The fraction of sp³-hybridized carbons (Fsp3) is 0.769. The molecule has 1 aliphatic carbocycles. The molecule has 0 heterocycles. The Hall–Kier alpha value is -1.59. The summed E-state index contributed by atoms with van der Waals surface area (Å²) in [6, 6.07) is 0. The zero-order valence-electron chi connectivity index (χ0n) is 11.7. The van der Waals surface area contributed by atoms with Gasteiger partial charge in [-0.25, -0.2) is 0 Å². The molecule has 1 saturated carbocycles. The van der Waals surface area contributed by atoms with Crippen LogP contribution in [0, 0.1) is 17.8 Å². The monoisotopic (exact) mass is 270 g/mol. The molecule has 1 unspecified atom stereocenters. The van der Waals surface area contributed by atoms with Crippen LogP contribution < -0.4 is 5.32 Å². The van der Waals surface area contributed by atoms with Gasteiger partial charge in [-0.2, -0.15) is 0 Å². The normalized spacial score (nSPS) is 25.9. The second-order valence-corrected chi connectivity index (χ2v) is 5.25. The Balaban J connectivity index is 2.53. The summed E-state index contributed by atoms with van der Waals surface area (Å²) in [4.78, 5) is 36.1. The van der Waals surface area contributed by atoms with Gasteiger partial charge in [-0.05, 0) is 25.7 Å². The number of likely N-dealkylation sites (N-methyl/N-ethyl adjacent to an activating group) is 1. The van der Waals surface area contributed by atoms with Crippen molar-refractivity contribution in [3.05, 3.63) is 0 Å². The summed E-state index contributed by atoms with van der Waals surface area (Å²) in [6.07, 6.45) is 1.09. The van der Waals surface area contributed by atoms with E-state index in [0.717, 1.165) is 0 Å². The van der Waals surface area contributed by atoms with E-state index in [-0.39, 0.29) is 24.3 Å². The van der Waals surface area contributed by atoms with Gasteiger partial charge in [-0.3, -0.25) is 14.4 Å². The standard InChI is InChI=1S/C13H22N2O4/c1-4-15(3)11(16)7-14-12(17)9-5-8(2)6-10(9)13(18)19/h8-10H,4-7H2,1-3H3,(H,14,17)(H,18,19)/t8?,9-,10+/m0/s1. The first-order valence-electron chi connectivity index (χ1n) is 6.61. The predicted molar refractivity (Wildman–Crippen MR) is 69.3 cm³/mol. The smallest absolute Gasteiger partial charge is 0.307 e. The lowest BCUT2D eigenvalue weighted by atomic mass is 9.95. The number of aliphatic carboxylic acids is 1. The van der Waals surface area contributed by atoms with E-state index < -0.39 is 17.8 Å². The van der Waals surface area contributed by atoms with Crippen molar-refractivity contribution >= 4 is 17.8 Å². The highest BCUT2D eigenvalue weighted by Gasteiger charge is 2.41. The van der Waals surface area contributed by atoms with E-state index in [2.05, 4.69) is 5.32 Å². The number of nitrogens with zero attached hydrogens (tertiary/aromatic N) is 1. The van der Waals surface area contributed by atoms with Crippen LogP contribution in [0.5, 0.6) is 0 Å². The first-order chi connectivity index (χ1) is 8.86. The number of hydrogen-bond acceptors (Lipinski definition) is 3. The van der Waals surface area contributed by atoms with Crippen LogP contribution >= 0.6 is 0 Å². The lowest BCUT2D eigenvalue weighted by Gasteiger charge is -2.18. The first kappa shape index (κ1) is 15.5. The number of carbonyl (C=O) groups is 3. The van der Waals surface area contributed by atoms with Crippen LogP contribution in [-0.4, -0.2) is 47.9 Å². The van der Waals surface area contributed by atoms with Crippen LogP contribution in [-0.2, 0) is 14.4 Å². The maximum Gasteiger partial charge on any atom is 0.307 e. The molecule has 1 aliphatic rings. The zero-order chi connectivity index (χ0) is 14.6. The molecule has 2 N–H and O–H groups in total. The Kier molecular flexibility index (Phi) is 5.32. The van der Waals surface area contributed by atoms with Gasteiger partial charge >= 0.3 is 5.97 Å². The van der Waals surface area contributed by atoms with Gasteiger partial charge in [0.25, 0.3) is 0 Å². The molecule has 1 fully saturated rings. The average molecular weight is 270 g/mol. The molecule has 0 aromatic rings. The van der Waals surface area contributed by atoms with Gasteiger partial charge in [-0.1, -0.05) is 6.92 Å². The summed E-state index contributed by atoms with van der Waals surface area (Å²) in [5.41, 5.74) is 0. The van der Waals surface area contributed by atoms with Crippen molar-refractivity contribution < 1.29 is 19.5 Å². The summed E-state index contributed by atoms with van der Waals surface area (Å²) >= 11 is 0. The van der Waals surface area contributed by atoms with Crippen molar-refractivity contribution in [1.29, 1.82) is 0 Å². The molecule has 0 spiro atoms. The molecular formula is C13H22N2O4. The largest absolute Gasteiger partial charge is 0.481 e. The van der Waals surface area contributed by atoms with Crippen LogP contribution in [0.4, 0.5) is 0 Å². The second-order valence-electron chi connectivity index (χ2n) is 5.25. The lowest BCUT2D eigenvalue weighted by molar-refractivity contribution is -0.146. The number of hydrogen-bond donors (Lipinski definition) is 2. The summed E-state index contributed by atoms with van der Waals surface area (Å²) in [7, 11) is 1.66. The molecule has 0 aromatic heterocycles. The Morgan fingerprint density at radius 1 is 1.26 bits per heavy atom. The number of carboxylic acids is 1. The van der Waals surface area contributed by atoms with Gasteiger partial charge in [0.2, 0.25) is 11.8 Å². The van der Waals surface area contributed by atoms with E-state index in [0.29, 0.717) is 19.4 Å². The Bertz CT molecular complexity index is 370. The molecular weight excluding hydrogens is 248 g/mol. The van der Waals surface area contributed by atoms with Gasteiger partial charge < -0.3 is 15.3 Å². The fourth-order valence-corrected chi connectivity index (χ4v) is 2.46. The summed E-state index contributed by atoms with van der Waals surface area (Å²) in [5, 5.41) is 11.7. The molecule has 3 atom stereocenters. The third-order valence-corrected chi connectivity index (χ3v) is 3.77. The maximum absolute atomic E-state index is 12.0. The summed E-state index contributed by atoms with van der Waals surface area (Å²) in [5.74, 6) is -2.35. The Morgan fingerprint density at radius 2 is 1.84 bits per heavy atom. The molecule has 0 aliphatic heterocycles. The van der Waals surface area contributed by atoms with Gasteiger partial charge in [0.15, 0.2) is 0 Å². The van der Waals surface area contributed by atoms with Crippen molar-refractivity contribution in [3.8, 4) is 0 Å². The highest BCUT2D eigenvalue weighted by molar-refractivity contribution is 5.88. The predicted octanol–water partition coefficient (Wildman–Crippen LogP) is 0.328. The summed E-state index contributed by atoms with van der Waals surface area (Å²) in [6.45, 7) is 4.30. The van der Waals surface area contributed by atoms with Crippen molar-refractivity contribution in [1.82, 2.24) is 10.2 Å². The topological polar surface area (TPSA) is 86.7 Å². The van der Waals surface area contributed by atoms with Gasteiger partial charge in [-0.15, -0.1) is 0 Å². The van der Waals surface area contributed by atoms with Crippen LogP contribution in [0.2, 0.25) is 0 Å². The molecule has 2 amide bonds. The highest BCUT2D eigenvalue weighted by Crippen LogP contribution is 2.36. The third-order valence-electron chi connectivity index (χ3n) is 3.77.